The second kappa shape index (κ2) is 6.01. The van der Waals surface area contributed by atoms with Gasteiger partial charge in [0, 0.05) is 0 Å². The average molecular weight is 289 g/mol. The molecule has 2 aromatic carbocycles. The van der Waals surface area contributed by atoms with Crippen LogP contribution in [0.4, 0.5) is 8.78 Å². The third-order valence-corrected chi connectivity index (χ3v) is 2.71. The molecular formula is C15H9F2NO3. The highest BCUT2D eigenvalue weighted by molar-refractivity contribution is 5.87. The zero-order valence-corrected chi connectivity index (χ0v) is 10.6. The molecule has 0 amide bonds. The topological polar surface area (TPSA) is 70.3 Å². The molecule has 0 unspecified atom stereocenters. The maximum absolute atomic E-state index is 13.6. The van der Waals surface area contributed by atoms with E-state index in [0.717, 1.165) is 0 Å². The molecule has 4 nitrogen and oxygen atoms in total. The molecule has 0 saturated heterocycles. The summed E-state index contributed by atoms with van der Waals surface area (Å²) >= 11 is 0. The molecule has 0 heterocycles. The summed E-state index contributed by atoms with van der Waals surface area (Å²) in [4.78, 5) is 10.7. The summed E-state index contributed by atoms with van der Waals surface area (Å²) in [6, 6.07) is 9.64. The van der Waals surface area contributed by atoms with Gasteiger partial charge in [-0.1, -0.05) is 12.1 Å². The minimum atomic E-state index is -1.42. The van der Waals surface area contributed by atoms with E-state index in [4.69, 9.17) is 15.1 Å². The Kier molecular flexibility index (Phi) is 4.14. The summed E-state index contributed by atoms with van der Waals surface area (Å²) in [5.41, 5.74) is 0.591. The lowest BCUT2D eigenvalue weighted by Crippen LogP contribution is -2.04. The van der Waals surface area contributed by atoms with Crippen molar-refractivity contribution >= 4 is 5.97 Å². The van der Waals surface area contributed by atoms with E-state index in [0.29, 0.717) is 23.3 Å². The Bertz CT molecular complexity index is 698. The Morgan fingerprint density at radius 2 is 1.76 bits per heavy atom. The Morgan fingerprint density at radius 3 is 2.24 bits per heavy atom. The largest absolute Gasteiger partial charge is 0.483 e. The summed E-state index contributed by atoms with van der Waals surface area (Å²) in [5.74, 6) is -4.22. The quantitative estimate of drug-likeness (QED) is 0.938. The van der Waals surface area contributed by atoms with Crippen molar-refractivity contribution in [1.82, 2.24) is 0 Å². The molecule has 0 fully saturated rings. The van der Waals surface area contributed by atoms with Crippen LogP contribution >= 0.6 is 0 Å². The standard InChI is InChI=1S/C15H9F2NO3/c16-12-5-11(15(19)20)6-13(17)14(12)21-8-10-3-1-9(7-18)2-4-10/h1-6H,8H2,(H,19,20). The normalized spacial score (nSPS) is 9.95. The van der Waals surface area contributed by atoms with E-state index >= 15 is 0 Å². The molecular weight excluding hydrogens is 280 g/mol. The predicted octanol–water partition coefficient (Wildman–Crippen LogP) is 3.11. The summed E-state index contributed by atoms with van der Waals surface area (Å²) in [7, 11) is 0. The SMILES string of the molecule is N#Cc1ccc(COc2c(F)cc(C(=O)O)cc2F)cc1. The van der Waals surface area contributed by atoms with Gasteiger partial charge in [0.05, 0.1) is 17.2 Å². The molecule has 0 bridgehead atoms. The predicted molar refractivity (Wildman–Crippen MR) is 68.8 cm³/mol. The summed E-state index contributed by atoms with van der Waals surface area (Å²) in [5, 5.41) is 17.3. The van der Waals surface area contributed by atoms with Gasteiger partial charge >= 0.3 is 5.97 Å². The van der Waals surface area contributed by atoms with Crippen LogP contribution < -0.4 is 4.74 Å². The molecule has 0 aliphatic carbocycles. The van der Waals surface area contributed by atoms with E-state index in [1.807, 2.05) is 6.07 Å². The van der Waals surface area contributed by atoms with Gasteiger partial charge in [-0.05, 0) is 29.8 Å². The summed E-state index contributed by atoms with van der Waals surface area (Å²) in [6.45, 7) is -0.105. The molecule has 0 saturated carbocycles. The van der Waals surface area contributed by atoms with Crippen molar-refractivity contribution in [2.45, 2.75) is 6.61 Å². The molecule has 0 radical (unpaired) electrons. The Balaban J connectivity index is 2.16. The molecule has 0 spiro atoms. The van der Waals surface area contributed by atoms with Crippen LogP contribution in [0.15, 0.2) is 36.4 Å². The minimum Gasteiger partial charge on any atom is -0.483 e. The van der Waals surface area contributed by atoms with Crippen molar-refractivity contribution in [1.29, 1.82) is 5.26 Å². The maximum Gasteiger partial charge on any atom is 0.335 e. The van der Waals surface area contributed by atoms with Crippen LogP contribution in [0.3, 0.4) is 0 Å². The highest BCUT2D eigenvalue weighted by Crippen LogP contribution is 2.24. The number of hydrogen-bond donors (Lipinski definition) is 1. The Hall–Kier alpha value is -2.94. The van der Waals surface area contributed by atoms with E-state index in [9.17, 15) is 13.6 Å². The maximum atomic E-state index is 13.6. The molecule has 6 heteroatoms. The van der Waals surface area contributed by atoms with Crippen molar-refractivity contribution in [3.63, 3.8) is 0 Å². The number of carbonyl (C=O) groups is 1. The van der Waals surface area contributed by atoms with Gasteiger partial charge in [0.25, 0.3) is 0 Å². The number of carboxylic acids is 1. The lowest BCUT2D eigenvalue weighted by Gasteiger charge is -2.09. The number of nitrogens with zero attached hydrogens (tertiary/aromatic N) is 1. The minimum absolute atomic E-state index is 0.105. The lowest BCUT2D eigenvalue weighted by atomic mass is 10.1. The molecule has 106 valence electrons. The monoisotopic (exact) mass is 289 g/mol. The van der Waals surface area contributed by atoms with E-state index in [2.05, 4.69) is 0 Å². The van der Waals surface area contributed by atoms with Crippen molar-refractivity contribution in [3.05, 3.63) is 64.7 Å². The van der Waals surface area contributed by atoms with Gasteiger partial charge in [0.1, 0.15) is 6.61 Å². The number of rotatable bonds is 4. The van der Waals surface area contributed by atoms with Crippen LogP contribution in [0.5, 0.6) is 5.75 Å². The number of nitriles is 1. The molecule has 1 N–H and O–H groups in total. The fourth-order valence-corrected chi connectivity index (χ4v) is 1.65. The van der Waals surface area contributed by atoms with Gasteiger partial charge in [-0.25, -0.2) is 13.6 Å². The fraction of sp³-hybridized carbons (Fsp3) is 0.0667. The second-order valence-corrected chi connectivity index (χ2v) is 4.17. The zero-order chi connectivity index (χ0) is 15.4. The molecule has 0 aliphatic rings. The van der Waals surface area contributed by atoms with Crippen molar-refractivity contribution in [3.8, 4) is 11.8 Å². The number of carboxylic acid groups (broad SMARTS) is 1. The van der Waals surface area contributed by atoms with Gasteiger partial charge in [0.2, 0.25) is 0 Å². The van der Waals surface area contributed by atoms with E-state index in [1.165, 1.54) is 0 Å². The van der Waals surface area contributed by atoms with Crippen LogP contribution in [-0.2, 0) is 6.61 Å². The summed E-state index contributed by atoms with van der Waals surface area (Å²) in [6.07, 6.45) is 0. The van der Waals surface area contributed by atoms with Crippen molar-refractivity contribution in [2.24, 2.45) is 0 Å². The molecule has 21 heavy (non-hydrogen) atoms. The lowest BCUT2D eigenvalue weighted by molar-refractivity contribution is 0.0695. The zero-order valence-electron chi connectivity index (χ0n) is 10.6. The number of ether oxygens (including phenoxy) is 1. The highest BCUT2D eigenvalue weighted by atomic mass is 19.1. The first-order chi connectivity index (χ1) is 10.0. The van der Waals surface area contributed by atoms with Crippen LogP contribution in [0.1, 0.15) is 21.5 Å². The second-order valence-electron chi connectivity index (χ2n) is 4.17. The van der Waals surface area contributed by atoms with E-state index < -0.39 is 28.9 Å². The first-order valence-corrected chi connectivity index (χ1v) is 5.85. The number of benzene rings is 2. The van der Waals surface area contributed by atoms with Gasteiger partial charge in [-0.2, -0.15) is 5.26 Å². The fourth-order valence-electron chi connectivity index (χ4n) is 1.65. The summed E-state index contributed by atoms with van der Waals surface area (Å²) < 4.78 is 32.3. The van der Waals surface area contributed by atoms with Crippen LogP contribution in [-0.4, -0.2) is 11.1 Å². The third-order valence-electron chi connectivity index (χ3n) is 2.71. The Labute approximate surface area is 118 Å². The smallest absolute Gasteiger partial charge is 0.335 e. The first-order valence-electron chi connectivity index (χ1n) is 5.85. The van der Waals surface area contributed by atoms with Crippen molar-refractivity contribution in [2.75, 3.05) is 0 Å². The van der Waals surface area contributed by atoms with Gasteiger partial charge < -0.3 is 9.84 Å². The van der Waals surface area contributed by atoms with Crippen LogP contribution in [0, 0.1) is 23.0 Å². The highest BCUT2D eigenvalue weighted by Gasteiger charge is 2.16. The Morgan fingerprint density at radius 1 is 1.19 bits per heavy atom. The van der Waals surface area contributed by atoms with E-state index in [-0.39, 0.29) is 6.61 Å². The number of halogens is 2. The molecule has 0 atom stereocenters. The molecule has 2 rings (SSSR count). The van der Waals surface area contributed by atoms with Crippen molar-refractivity contribution < 1.29 is 23.4 Å². The van der Waals surface area contributed by atoms with Crippen LogP contribution in [0.2, 0.25) is 0 Å². The first kappa shape index (κ1) is 14.5. The van der Waals surface area contributed by atoms with Gasteiger partial charge in [-0.3, -0.25) is 0 Å². The molecule has 0 aliphatic heterocycles. The number of aromatic carboxylic acids is 1. The molecule has 0 aromatic heterocycles. The molecule has 2 aromatic rings. The average Bonchev–Trinajstić information content (AvgIpc) is 2.46. The van der Waals surface area contributed by atoms with Gasteiger partial charge in [-0.15, -0.1) is 0 Å². The number of hydrogen-bond acceptors (Lipinski definition) is 3. The van der Waals surface area contributed by atoms with E-state index in [1.54, 1.807) is 24.3 Å². The van der Waals surface area contributed by atoms with Gasteiger partial charge in [0.15, 0.2) is 17.4 Å². The van der Waals surface area contributed by atoms with Crippen LogP contribution in [0.25, 0.3) is 0 Å². The third kappa shape index (κ3) is 3.34.